The van der Waals surface area contributed by atoms with Crippen molar-refractivity contribution in [3.63, 3.8) is 0 Å². The lowest BCUT2D eigenvalue weighted by Crippen LogP contribution is -2.35. The SMILES string of the molecule is O=C(Cc1ccccc1C(=O)N[C@H](/C=C/S(=O)(=O)c1ccccc1)CCc1ccccc1)Nc1cccc(C(=O)O)c1. The second-order valence-electron chi connectivity index (χ2n) is 9.56. The number of carboxylic acid groups (broad SMARTS) is 1. The fourth-order valence-corrected chi connectivity index (χ4v) is 5.41. The molecule has 0 saturated heterocycles. The number of hydrogen-bond donors (Lipinski definition) is 3. The van der Waals surface area contributed by atoms with Crippen molar-refractivity contribution < 1.29 is 27.9 Å². The fraction of sp³-hybridized carbons (Fsp3) is 0.121. The summed E-state index contributed by atoms with van der Waals surface area (Å²) in [5.74, 6) is -1.99. The van der Waals surface area contributed by atoms with Crippen LogP contribution in [-0.2, 0) is 27.5 Å². The van der Waals surface area contributed by atoms with E-state index in [0.29, 0.717) is 24.1 Å². The number of aryl methyl sites for hydroxylation is 1. The predicted molar refractivity (Wildman–Crippen MR) is 161 cm³/mol. The van der Waals surface area contributed by atoms with Crippen LogP contribution >= 0.6 is 0 Å². The average molecular weight is 583 g/mol. The number of sulfone groups is 1. The molecular formula is C33H30N2O6S. The highest BCUT2D eigenvalue weighted by Gasteiger charge is 2.18. The summed E-state index contributed by atoms with van der Waals surface area (Å²) in [7, 11) is -3.72. The highest BCUT2D eigenvalue weighted by molar-refractivity contribution is 7.94. The van der Waals surface area contributed by atoms with Crippen LogP contribution in [0.3, 0.4) is 0 Å². The summed E-state index contributed by atoms with van der Waals surface area (Å²) in [6.45, 7) is 0. The maximum Gasteiger partial charge on any atom is 0.335 e. The number of hydrogen-bond acceptors (Lipinski definition) is 5. The Morgan fingerprint density at radius 3 is 2.19 bits per heavy atom. The Morgan fingerprint density at radius 2 is 1.48 bits per heavy atom. The van der Waals surface area contributed by atoms with Gasteiger partial charge in [0.25, 0.3) is 5.91 Å². The maximum atomic E-state index is 13.4. The molecule has 0 aliphatic rings. The van der Waals surface area contributed by atoms with Gasteiger partial charge < -0.3 is 15.7 Å². The molecule has 0 radical (unpaired) electrons. The van der Waals surface area contributed by atoms with Gasteiger partial charge >= 0.3 is 5.97 Å². The zero-order valence-corrected chi connectivity index (χ0v) is 23.5. The second-order valence-corrected chi connectivity index (χ2v) is 11.4. The third-order valence-corrected chi connectivity index (χ3v) is 7.92. The fourth-order valence-electron chi connectivity index (χ4n) is 4.32. The van der Waals surface area contributed by atoms with E-state index in [1.807, 2.05) is 30.3 Å². The smallest absolute Gasteiger partial charge is 0.335 e. The van der Waals surface area contributed by atoms with E-state index in [1.165, 1.54) is 36.4 Å². The topological polar surface area (TPSA) is 130 Å². The Balaban J connectivity index is 1.51. The van der Waals surface area contributed by atoms with Crippen molar-refractivity contribution in [1.82, 2.24) is 5.32 Å². The summed E-state index contributed by atoms with van der Waals surface area (Å²) >= 11 is 0. The first-order valence-corrected chi connectivity index (χ1v) is 14.8. The number of amides is 2. The Hall–Kier alpha value is -5.02. The van der Waals surface area contributed by atoms with Crippen molar-refractivity contribution in [2.24, 2.45) is 0 Å². The largest absolute Gasteiger partial charge is 0.478 e. The summed E-state index contributed by atoms with van der Waals surface area (Å²) < 4.78 is 25.7. The Morgan fingerprint density at radius 1 is 0.810 bits per heavy atom. The van der Waals surface area contributed by atoms with E-state index in [0.717, 1.165) is 11.0 Å². The molecule has 0 bridgehead atoms. The molecule has 0 aliphatic heterocycles. The molecule has 0 aliphatic carbocycles. The normalized spacial score (nSPS) is 12.0. The van der Waals surface area contributed by atoms with E-state index in [9.17, 15) is 27.9 Å². The van der Waals surface area contributed by atoms with Gasteiger partial charge in [0.05, 0.1) is 16.9 Å². The highest BCUT2D eigenvalue weighted by Crippen LogP contribution is 2.16. The summed E-state index contributed by atoms with van der Waals surface area (Å²) in [5, 5.41) is 15.9. The summed E-state index contributed by atoms with van der Waals surface area (Å²) in [6, 6.07) is 29.6. The van der Waals surface area contributed by atoms with E-state index in [2.05, 4.69) is 10.6 Å². The second kappa shape index (κ2) is 14.0. The Labute approximate surface area is 244 Å². The Kier molecular flexibility index (Phi) is 10.0. The minimum Gasteiger partial charge on any atom is -0.478 e. The molecule has 0 saturated carbocycles. The molecule has 0 spiro atoms. The van der Waals surface area contributed by atoms with Gasteiger partial charge in [0.1, 0.15) is 0 Å². The third kappa shape index (κ3) is 8.49. The first-order valence-electron chi connectivity index (χ1n) is 13.3. The van der Waals surface area contributed by atoms with E-state index < -0.39 is 33.7 Å². The van der Waals surface area contributed by atoms with Crippen LogP contribution in [0.25, 0.3) is 0 Å². The zero-order valence-electron chi connectivity index (χ0n) is 22.6. The lowest BCUT2D eigenvalue weighted by atomic mass is 10.0. The van der Waals surface area contributed by atoms with Crippen LogP contribution in [0.1, 0.15) is 38.3 Å². The van der Waals surface area contributed by atoms with E-state index in [4.69, 9.17) is 0 Å². The summed E-state index contributed by atoms with van der Waals surface area (Å²) in [5.41, 5.74) is 2.14. The van der Waals surface area contributed by atoms with Crippen LogP contribution in [0.2, 0.25) is 0 Å². The minimum atomic E-state index is -3.72. The number of benzene rings is 4. The molecule has 8 nitrogen and oxygen atoms in total. The molecule has 4 rings (SSSR count). The number of carbonyl (C=O) groups excluding carboxylic acids is 2. The van der Waals surface area contributed by atoms with Gasteiger partial charge in [-0.05, 0) is 60.4 Å². The van der Waals surface area contributed by atoms with Gasteiger partial charge in [-0.25, -0.2) is 13.2 Å². The van der Waals surface area contributed by atoms with E-state index in [1.54, 1.807) is 48.5 Å². The van der Waals surface area contributed by atoms with Gasteiger partial charge in [-0.3, -0.25) is 9.59 Å². The lowest BCUT2D eigenvalue weighted by Gasteiger charge is -2.17. The number of anilines is 1. The quantitative estimate of drug-likeness (QED) is 0.208. The van der Waals surface area contributed by atoms with Crippen molar-refractivity contribution in [3.05, 3.63) is 143 Å². The maximum absolute atomic E-state index is 13.4. The van der Waals surface area contributed by atoms with Gasteiger partial charge in [0, 0.05) is 22.7 Å². The molecule has 0 aromatic heterocycles. The minimum absolute atomic E-state index is 0.0384. The molecule has 2 amide bonds. The zero-order chi connectivity index (χ0) is 30.0. The predicted octanol–water partition coefficient (Wildman–Crippen LogP) is 5.28. The molecular weight excluding hydrogens is 552 g/mol. The van der Waals surface area contributed by atoms with Gasteiger partial charge in [-0.2, -0.15) is 0 Å². The van der Waals surface area contributed by atoms with Gasteiger partial charge in [-0.15, -0.1) is 0 Å². The van der Waals surface area contributed by atoms with Crippen LogP contribution in [0, 0.1) is 0 Å². The number of aromatic carboxylic acids is 1. The molecule has 3 N–H and O–H groups in total. The van der Waals surface area contributed by atoms with Gasteiger partial charge in [-0.1, -0.05) is 78.9 Å². The number of carbonyl (C=O) groups is 3. The number of rotatable bonds is 12. The Bertz CT molecular complexity index is 1690. The monoisotopic (exact) mass is 582 g/mol. The standard InChI is InChI=1S/C33H30N2O6S/c36-31(34-28-14-9-13-26(22-28)33(38)39)23-25-12-7-8-17-30(25)32(37)35-27(19-18-24-10-3-1-4-11-24)20-21-42(40,41)29-15-5-2-6-16-29/h1-17,20-22,27H,18-19,23H2,(H,34,36)(H,35,37)(H,38,39)/b21-20+/t27-/m0/s1. The van der Waals surface area contributed by atoms with Crippen molar-refractivity contribution in [3.8, 4) is 0 Å². The molecule has 1 atom stereocenters. The molecule has 4 aromatic rings. The molecule has 9 heteroatoms. The average Bonchev–Trinajstić information content (AvgIpc) is 2.99. The number of nitrogens with one attached hydrogen (secondary N) is 2. The molecule has 0 heterocycles. The molecule has 214 valence electrons. The van der Waals surface area contributed by atoms with Crippen LogP contribution in [0.15, 0.2) is 126 Å². The van der Waals surface area contributed by atoms with E-state index >= 15 is 0 Å². The highest BCUT2D eigenvalue weighted by atomic mass is 32.2. The van der Waals surface area contributed by atoms with Crippen molar-refractivity contribution in [1.29, 1.82) is 0 Å². The van der Waals surface area contributed by atoms with Crippen molar-refractivity contribution in [2.45, 2.75) is 30.2 Å². The van der Waals surface area contributed by atoms with E-state index in [-0.39, 0.29) is 22.4 Å². The van der Waals surface area contributed by atoms with Crippen molar-refractivity contribution in [2.75, 3.05) is 5.32 Å². The van der Waals surface area contributed by atoms with Crippen LogP contribution < -0.4 is 10.6 Å². The summed E-state index contributed by atoms with van der Waals surface area (Å²) in [6.07, 6.45) is 2.39. The first-order chi connectivity index (χ1) is 20.2. The first kappa shape index (κ1) is 30.0. The van der Waals surface area contributed by atoms with Gasteiger partial charge in [0.2, 0.25) is 5.91 Å². The van der Waals surface area contributed by atoms with Crippen molar-refractivity contribution >= 4 is 33.3 Å². The summed E-state index contributed by atoms with van der Waals surface area (Å²) in [4.78, 5) is 37.6. The van der Waals surface area contributed by atoms with Crippen LogP contribution in [0.4, 0.5) is 5.69 Å². The van der Waals surface area contributed by atoms with Crippen LogP contribution in [-0.4, -0.2) is 37.3 Å². The number of carboxylic acids is 1. The lowest BCUT2D eigenvalue weighted by molar-refractivity contribution is -0.115. The molecule has 0 unspecified atom stereocenters. The van der Waals surface area contributed by atoms with Crippen LogP contribution in [0.5, 0.6) is 0 Å². The third-order valence-electron chi connectivity index (χ3n) is 6.47. The molecule has 0 fully saturated rings. The molecule has 42 heavy (non-hydrogen) atoms. The van der Waals surface area contributed by atoms with Gasteiger partial charge in [0.15, 0.2) is 9.84 Å². The molecule has 4 aromatic carbocycles.